The molecule has 0 atom stereocenters. The normalized spacial score (nSPS) is 14.0. The molecule has 6 nitrogen and oxygen atoms in total. The van der Waals surface area contributed by atoms with Crippen molar-refractivity contribution in [3.63, 3.8) is 0 Å². The molecule has 4 rings (SSSR count). The second kappa shape index (κ2) is 12.2. The van der Waals surface area contributed by atoms with Crippen molar-refractivity contribution in [3.05, 3.63) is 81.8 Å². The molecule has 2 aromatic carbocycles. The van der Waals surface area contributed by atoms with E-state index in [1.165, 1.54) is 5.56 Å². The Bertz CT molecular complexity index is 1170. The number of ether oxygens (including phenoxy) is 1. The van der Waals surface area contributed by atoms with Crippen molar-refractivity contribution >= 4 is 23.3 Å². The van der Waals surface area contributed by atoms with Crippen molar-refractivity contribution in [1.29, 1.82) is 0 Å². The standard InChI is InChI=1S/C29H35ClN4O2/c1-4-5-19-36-26-13-9-24(10-14-26)29(35)34-16-6-15-33(17-18-34)28-27(21(2)31-22(3)32-28)20-23-7-11-25(30)12-8-23/h7-14H,4-6,15-20H2,1-3H3. The molecule has 0 N–H and O–H groups in total. The Labute approximate surface area is 219 Å². The second-order valence-corrected chi connectivity index (χ2v) is 9.76. The van der Waals surface area contributed by atoms with Gasteiger partial charge in [-0.15, -0.1) is 0 Å². The van der Waals surface area contributed by atoms with Crippen LogP contribution in [0.3, 0.4) is 0 Å². The minimum absolute atomic E-state index is 0.0633. The maximum atomic E-state index is 13.2. The lowest BCUT2D eigenvalue weighted by atomic mass is 10.0. The van der Waals surface area contributed by atoms with Crippen LogP contribution < -0.4 is 9.64 Å². The van der Waals surface area contributed by atoms with Crippen LogP contribution in [0.1, 0.15) is 59.2 Å². The van der Waals surface area contributed by atoms with Crippen LogP contribution in [0.25, 0.3) is 0 Å². The minimum Gasteiger partial charge on any atom is -0.494 e. The molecule has 2 heterocycles. The zero-order chi connectivity index (χ0) is 25.5. The summed E-state index contributed by atoms with van der Waals surface area (Å²) in [6, 6.07) is 15.5. The van der Waals surface area contributed by atoms with Gasteiger partial charge in [0, 0.05) is 54.4 Å². The van der Waals surface area contributed by atoms with Gasteiger partial charge in [-0.05, 0) is 68.7 Å². The van der Waals surface area contributed by atoms with Gasteiger partial charge in [-0.2, -0.15) is 0 Å². The number of hydrogen-bond acceptors (Lipinski definition) is 5. The van der Waals surface area contributed by atoms with E-state index in [1.54, 1.807) is 0 Å². The number of hydrogen-bond donors (Lipinski definition) is 0. The van der Waals surface area contributed by atoms with Gasteiger partial charge in [-0.1, -0.05) is 37.1 Å². The van der Waals surface area contributed by atoms with Gasteiger partial charge < -0.3 is 14.5 Å². The molecule has 7 heteroatoms. The van der Waals surface area contributed by atoms with Gasteiger partial charge in [0.05, 0.1) is 6.61 Å². The highest BCUT2D eigenvalue weighted by Gasteiger charge is 2.24. The Morgan fingerprint density at radius 3 is 2.44 bits per heavy atom. The third-order valence-electron chi connectivity index (χ3n) is 6.55. The Morgan fingerprint density at radius 1 is 0.972 bits per heavy atom. The predicted molar refractivity (Wildman–Crippen MR) is 145 cm³/mol. The highest BCUT2D eigenvalue weighted by molar-refractivity contribution is 6.30. The number of benzene rings is 2. The Hall–Kier alpha value is -3.12. The quantitative estimate of drug-likeness (QED) is 0.358. The first-order valence-corrected chi connectivity index (χ1v) is 13.2. The van der Waals surface area contributed by atoms with Crippen LogP contribution in [0, 0.1) is 13.8 Å². The summed E-state index contributed by atoms with van der Waals surface area (Å²) in [6.07, 6.45) is 3.74. The third-order valence-corrected chi connectivity index (χ3v) is 6.80. The van der Waals surface area contributed by atoms with Crippen molar-refractivity contribution in [1.82, 2.24) is 14.9 Å². The maximum absolute atomic E-state index is 13.2. The molecular weight excluding hydrogens is 472 g/mol. The Balaban J connectivity index is 1.46. The molecule has 3 aromatic rings. The van der Waals surface area contributed by atoms with Crippen molar-refractivity contribution < 1.29 is 9.53 Å². The van der Waals surface area contributed by atoms with Crippen LogP contribution in [0.15, 0.2) is 48.5 Å². The SMILES string of the molecule is CCCCOc1ccc(C(=O)N2CCCN(c3nc(C)nc(C)c3Cc3ccc(Cl)cc3)CC2)cc1. The third kappa shape index (κ3) is 6.55. The van der Waals surface area contributed by atoms with E-state index in [9.17, 15) is 4.79 Å². The first-order valence-electron chi connectivity index (χ1n) is 12.8. The molecular formula is C29H35ClN4O2. The van der Waals surface area contributed by atoms with E-state index in [2.05, 4.69) is 16.8 Å². The monoisotopic (exact) mass is 506 g/mol. The van der Waals surface area contributed by atoms with Crippen molar-refractivity contribution in [2.75, 3.05) is 37.7 Å². The summed E-state index contributed by atoms with van der Waals surface area (Å²) in [5.74, 6) is 2.61. The molecule has 1 aromatic heterocycles. The van der Waals surface area contributed by atoms with Crippen LogP contribution >= 0.6 is 11.6 Å². The van der Waals surface area contributed by atoms with E-state index in [0.29, 0.717) is 18.7 Å². The molecule has 1 amide bonds. The van der Waals surface area contributed by atoms with Gasteiger partial charge in [-0.3, -0.25) is 4.79 Å². The molecule has 1 saturated heterocycles. The predicted octanol–water partition coefficient (Wildman–Crippen LogP) is 5.87. The summed E-state index contributed by atoms with van der Waals surface area (Å²) in [7, 11) is 0. The zero-order valence-electron chi connectivity index (χ0n) is 21.5. The lowest BCUT2D eigenvalue weighted by molar-refractivity contribution is 0.0767. The number of rotatable bonds is 8. The number of nitrogens with zero attached hydrogens (tertiary/aromatic N) is 4. The fourth-order valence-electron chi connectivity index (χ4n) is 4.54. The number of aryl methyl sites for hydroxylation is 2. The fourth-order valence-corrected chi connectivity index (χ4v) is 4.66. The molecule has 1 fully saturated rings. The lowest BCUT2D eigenvalue weighted by Gasteiger charge is -2.26. The van der Waals surface area contributed by atoms with E-state index in [4.69, 9.17) is 21.3 Å². The lowest BCUT2D eigenvalue weighted by Crippen LogP contribution is -2.35. The van der Waals surface area contributed by atoms with Gasteiger partial charge in [0.1, 0.15) is 17.4 Å². The van der Waals surface area contributed by atoms with E-state index >= 15 is 0 Å². The van der Waals surface area contributed by atoms with Crippen LogP contribution in [0.4, 0.5) is 5.82 Å². The van der Waals surface area contributed by atoms with E-state index in [0.717, 1.165) is 79.0 Å². The summed E-state index contributed by atoms with van der Waals surface area (Å²) in [4.78, 5) is 27.0. The number of amides is 1. The molecule has 0 bridgehead atoms. The van der Waals surface area contributed by atoms with E-state index in [-0.39, 0.29) is 5.91 Å². The summed E-state index contributed by atoms with van der Waals surface area (Å²) in [5, 5.41) is 0.729. The van der Waals surface area contributed by atoms with Crippen LogP contribution in [-0.4, -0.2) is 53.6 Å². The number of aromatic nitrogens is 2. The molecule has 0 aliphatic carbocycles. The first kappa shape index (κ1) is 26.0. The average Bonchev–Trinajstić information content (AvgIpc) is 3.13. The van der Waals surface area contributed by atoms with Crippen molar-refractivity contribution in [3.8, 4) is 5.75 Å². The van der Waals surface area contributed by atoms with Crippen molar-refractivity contribution in [2.45, 2.75) is 46.5 Å². The van der Waals surface area contributed by atoms with Gasteiger partial charge >= 0.3 is 0 Å². The highest BCUT2D eigenvalue weighted by atomic mass is 35.5. The van der Waals surface area contributed by atoms with Crippen LogP contribution in [0.5, 0.6) is 5.75 Å². The highest BCUT2D eigenvalue weighted by Crippen LogP contribution is 2.26. The van der Waals surface area contributed by atoms with Gasteiger partial charge in [0.15, 0.2) is 0 Å². The van der Waals surface area contributed by atoms with E-state index in [1.807, 2.05) is 67.3 Å². The largest absolute Gasteiger partial charge is 0.494 e. The Morgan fingerprint density at radius 2 is 1.72 bits per heavy atom. The van der Waals surface area contributed by atoms with Gasteiger partial charge in [-0.25, -0.2) is 9.97 Å². The average molecular weight is 507 g/mol. The summed E-state index contributed by atoms with van der Waals surface area (Å²) >= 11 is 6.08. The summed E-state index contributed by atoms with van der Waals surface area (Å²) in [6.45, 7) is 9.77. The van der Waals surface area contributed by atoms with Gasteiger partial charge in [0.2, 0.25) is 0 Å². The first-order chi connectivity index (χ1) is 17.4. The van der Waals surface area contributed by atoms with Crippen molar-refractivity contribution in [2.24, 2.45) is 0 Å². The molecule has 1 aliphatic rings. The number of anilines is 1. The topological polar surface area (TPSA) is 58.6 Å². The van der Waals surface area contributed by atoms with Gasteiger partial charge in [0.25, 0.3) is 5.91 Å². The number of carbonyl (C=O) groups excluding carboxylic acids is 1. The molecule has 0 spiro atoms. The zero-order valence-corrected chi connectivity index (χ0v) is 22.2. The molecule has 0 saturated carbocycles. The molecule has 0 unspecified atom stereocenters. The number of unbranched alkanes of at least 4 members (excludes halogenated alkanes) is 1. The molecule has 190 valence electrons. The molecule has 0 radical (unpaired) electrons. The Kier molecular flexibility index (Phi) is 8.81. The maximum Gasteiger partial charge on any atom is 0.253 e. The molecule has 36 heavy (non-hydrogen) atoms. The van der Waals surface area contributed by atoms with E-state index < -0.39 is 0 Å². The number of halogens is 1. The number of carbonyl (C=O) groups is 1. The van der Waals surface area contributed by atoms with Crippen LogP contribution in [0.2, 0.25) is 5.02 Å². The fraction of sp³-hybridized carbons (Fsp3) is 0.414. The molecule has 1 aliphatic heterocycles. The second-order valence-electron chi connectivity index (χ2n) is 9.32. The summed E-state index contributed by atoms with van der Waals surface area (Å²) < 4.78 is 5.74. The minimum atomic E-state index is 0.0633. The smallest absolute Gasteiger partial charge is 0.253 e. The summed E-state index contributed by atoms with van der Waals surface area (Å²) in [5.41, 5.74) is 3.99. The van der Waals surface area contributed by atoms with Crippen LogP contribution in [-0.2, 0) is 6.42 Å².